The maximum absolute atomic E-state index is 13.0. The Kier molecular flexibility index (Phi) is 6.93. The van der Waals surface area contributed by atoms with E-state index in [2.05, 4.69) is 4.74 Å². The highest BCUT2D eigenvalue weighted by Gasteiger charge is 2.49. The Hall–Kier alpha value is -3.69. The zero-order valence-electron chi connectivity index (χ0n) is 15.5. The van der Waals surface area contributed by atoms with Crippen LogP contribution in [0.2, 0.25) is 0 Å². The lowest BCUT2D eigenvalue weighted by Crippen LogP contribution is -2.40. The number of esters is 1. The molecule has 1 unspecified atom stereocenters. The van der Waals surface area contributed by atoms with E-state index < -0.39 is 29.6 Å². The van der Waals surface area contributed by atoms with Gasteiger partial charge in [0.2, 0.25) is 6.10 Å². The van der Waals surface area contributed by atoms with Crippen molar-refractivity contribution in [2.24, 2.45) is 0 Å². The fourth-order valence-corrected chi connectivity index (χ4v) is 2.48. The average Bonchev–Trinajstić information content (AvgIpc) is 2.69. The second-order valence-corrected chi connectivity index (χ2v) is 5.89. The van der Waals surface area contributed by atoms with Crippen molar-refractivity contribution in [2.75, 3.05) is 6.61 Å². The zero-order chi connectivity index (χ0) is 22.5. The number of hydrogen-bond acceptors (Lipinski definition) is 7. The molecule has 30 heavy (non-hydrogen) atoms. The largest absolute Gasteiger partial charge is 0.504 e. The molecule has 1 aliphatic heterocycles. The molecule has 3 rings (SSSR count). The van der Waals surface area contributed by atoms with Crippen molar-refractivity contribution in [1.29, 1.82) is 0 Å². The number of alkyl halides is 3. The summed E-state index contributed by atoms with van der Waals surface area (Å²) in [4.78, 5) is 21.7. The summed E-state index contributed by atoms with van der Waals surface area (Å²) in [5.74, 6) is -2.45. The molecule has 0 aliphatic carbocycles. The Bertz CT molecular complexity index is 967. The predicted octanol–water partition coefficient (Wildman–Crippen LogP) is 3.57. The van der Waals surface area contributed by atoms with Crippen molar-refractivity contribution in [2.45, 2.75) is 19.2 Å². The predicted molar refractivity (Wildman–Crippen MR) is 98.3 cm³/mol. The van der Waals surface area contributed by atoms with Gasteiger partial charge in [-0.3, -0.25) is 4.79 Å². The van der Waals surface area contributed by atoms with Gasteiger partial charge in [-0.05, 0) is 31.2 Å². The third-order valence-electron chi connectivity index (χ3n) is 3.84. The number of carbonyl (C=O) groups excluding carboxylic acids is 2. The number of rotatable bonds is 3. The first-order valence-electron chi connectivity index (χ1n) is 8.50. The molecule has 0 saturated heterocycles. The molecule has 0 saturated carbocycles. The number of aldehydes is 1. The lowest BCUT2D eigenvalue weighted by molar-refractivity contribution is -0.188. The monoisotopic (exact) mass is 426 g/mol. The van der Waals surface area contributed by atoms with Gasteiger partial charge in [0.1, 0.15) is 0 Å². The molecule has 0 spiro atoms. The lowest BCUT2D eigenvalue weighted by Gasteiger charge is -2.28. The van der Waals surface area contributed by atoms with Crippen LogP contribution in [0.4, 0.5) is 13.2 Å². The first-order valence-corrected chi connectivity index (χ1v) is 8.50. The summed E-state index contributed by atoms with van der Waals surface area (Å²) >= 11 is 0. The SMILES string of the molecule is CCOC(=O)C1=Cc2cccc(O)c2OC1C(F)(F)F.O=Cc1cccc(O)c1O. The smallest absolute Gasteiger partial charge is 0.430 e. The molecule has 0 amide bonds. The van der Waals surface area contributed by atoms with Gasteiger partial charge in [-0.15, -0.1) is 0 Å². The molecule has 1 heterocycles. The second-order valence-electron chi connectivity index (χ2n) is 5.89. The van der Waals surface area contributed by atoms with Crippen LogP contribution in [0.15, 0.2) is 42.0 Å². The number of aromatic hydroxyl groups is 3. The molecule has 160 valence electrons. The third-order valence-corrected chi connectivity index (χ3v) is 3.84. The summed E-state index contributed by atoms with van der Waals surface area (Å²) < 4.78 is 48.3. The fraction of sp³-hybridized carbons (Fsp3) is 0.200. The number of hydrogen-bond donors (Lipinski definition) is 3. The van der Waals surface area contributed by atoms with Crippen LogP contribution in [-0.2, 0) is 9.53 Å². The zero-order valence-corrected chi connectivity index (χ0v) is 15.5. The van der Waals surface area contributed by atoms with Crippen LogP contribution in [0.25, 0.3) is 6.08 Å². The minimum Gasteiger partial charge on any atom is -0.504 e. The summed E-state index contributed by atoms with van der Waals surface area (Å²) in [6.45, 7) is 1.44. The number of benzene rings is 2. The van der Waals surface area contributed by atoms with Crippen LogP contribution in [0.3, 0.4) is 0 Å². The Morgan fingerprint density at radius 1 is 1.13 bits per heavy atom. The maximum Gasteiger partial charge on any atom is 0.430 e. The van der Waals surface area contributed by atoms with Crippen molar-refractivity contribution < 1.29 is 47.6 Å². The van der Waals surface area contributed by atoms with Crippen LogP contribution in [0.5, 0.6) is 23.0 Å². The molecule has 10 heteroatoms. The van der Waals surface area contributed by atoms with Crippen LogP contribution in [0.1, 0.15) is 22.8 Å². The maximum atomic E-state index is 13.0. The van der Waals surface area contributed by atoms with Crippen molar-refractivity contribution in [3.05, 3.63) is 53.1 Å². The van der Waals surface area contributed by atoms with E-state index in [-0.39, 0.29) is 35.0 Å². The van der Waals surface area contributed by atoms with Gasteiger partial charge >= 0.3 is 12.1 Å². The number of phenols is 3. The molecule has 1 aliphatic rings. The molecule has 2 aromatic carbocycles. The third kappa shape index (κ3) is 5.02. The van der Waals surface area contributed by atoms with Gasteiger partial charge in [-0.2, -0.15) is 13.2 Å². The number of carbonyl (C=O) groups is 2. The number of ether oxygens (including phenoxy) is 2. The molecule has 0 radical (unpaired) electrons. The van der Waals surface area contributed by atoms with E-state index in [1.807, 2.05) is 0 Å². The first kappa shape index (κ1) is 22.6. The van der Waals surface area contributed by atoms with E-state index in [1.54, 1.807) is 0 Å². The molecule has 7 nitrogen and oxygen atoms in total. The summed E-state index contributed by atoms with van der Waals surface area (Å²) in [7, 11) is 0. The quantitative estimate of drug-likeness (QED) is 0.391. The van der Waals surface area contributed by atoms with Gasteiger partial charge in [-0.25, -0.2) is 4.79 Å². The Morgan fingerprint density at radius 3 is 2.33 bits per heavy atom. The highest BCUT2D eigenvalue weighted by Crippen LogP contribution is 2.41. The highest BCUT2D eigenvalue weighted by atomic mass is 19.4. The van der Waals surface area contributed by atoms with Crippen LogP contribution < -0.4 is 4.74 Å². The van der Waals surface area contributed by atoms with Crippen molar-refractivity contribution in [1.82, 2.24) is 0 Å². The van der Waals surface area contributed by atoms with Gasteiger partial charge in [0, 0.05) is 5.56 Å². The van der Waals surface area contributed by atoms with E-state index in [4.69, 9.17) is 14.9 Å². The Balaban J connectivity index is 0.000000269. The average molecular weight is 426 g/mol. The first-order chi connectivity index (χ1) is 14.1. The number of phenolic OH excluding ortho intramolecular Hbond substituents is 3. The van der Waals surface area contributed by atoms with E-state index in [9.17, 15) is 27.9 Å². The summed E-state index contributed by atoms with van der Waals surface area (Å²) in [5, 5.41) is 27.3. The minimum absolute atomic E-state index is 0.0480. The van der Waals surface area contributed by atoms with Gasteiger partial charge in [0.25, 0.3) is 0 Å². The molecule has 3 N–H and O–H groups in total. The second kappa shape index (κ2) is 9.21. The molecule has 0 fully saturated rings. The lowest BCUT2D eigenvalue weighted by atomic mass is 10.0. The van der Waals surface area contributed by atoms with E-state index in [0.29, 0.717) is 6.29 Å². The molecule has 1 atom stereocenters. The molecule has 0 bridgehead atoms. The van der Waals surface area contributed by atoms with E-state index in [0.717, 1.165) is 6.08 Å². The van der Waals surface area contributed by atoms with Crippen molar-refractivity contribution in [3.63, 3.8) is 0 Å². The number of para-hydroxylation sites is 2. The summed E-state index contributed by atoms with van der Waals surface area (Å²) in [6.07, 6.45) is -5.75. The number of halogens is 3. The number of fused-ring (bicyclic) bond motifs is 1. The normalized spacial score (nSPS) is 14.9. The highest BCUT2D eigenvalue weighted by molar-refractivity contribution is 5.96. The minimum atomic E-state index is -4.79. The Labute approximate surface area is 168 Å². The van der Waals surface area contributed by atoms with Gasteiger partial charge < -0.3 is 24.8 Å². The Morgan fingerprint density at radius 2 is 1.77 bits per heavy atom. The van der Waals surface area contributed by atoms with Crippen molar-refractivity contribution in [3.8, 4) is 23.0 Å². The molecular formula is C20H17F3O7. The van der Waals surface area contributed by atoms with Gasteiger partial charge in [0.15, 0.2) is 29.3 Å². The van der Waals surface area contributed by atoms with Gasteiger partial charge in [0.05, 0.1) is 17.7 Å². The fourth-order valence-electron chi connectivity index (χ4n) is 2.48. The van der Waals surface area contributed by atoms with Crippen LogP contribution >= 0.6 is 0 Å². The summed E-state index contributed by atoms with van der Waals surface area (Å²) in [6, 6.07) is 8.28. The topological polar surface area (TPSA) is 113 Å². The molecular weight excluding hydrogens is 409 g/mol. The van der Waals surface area contributed by atoms with Crippen LogP contribution in [0, 0.1) is 0 Å². The molecule has 2 aromatic rings. The van der Waals surface area contributed by atoms with Crippen molar-refractivity contribution >= 4 is 18.3 Å². The van der Waals surface area contributed by atoms with E-state index in [1.165, 1.54) is 43.3 Å². The van der Waals surface area contributed by atoms with Gasteiger partial charge in [-0.1, -0.05) is 18.2 Å². The summed E-state index contributed by atoms with van der Waals surface area (Å²) in [5.41, 5.74) is -0.356. The van der Waals surface area contributed by atoms with E-state index >= 15 is 0 Å². The standard InChI is InChI=1S/C13H11F3O4.C7H6O3/c1-2-19-12(18)8-6-7-4-3-5-9(17)10(7)20-11(8)13(14,15)16;8-4-5-2-1-3-6(9)7(5)10/h3-6,11,17H,2H2,1H3;1-4,9-10H. The van der Waals surface area contributed by atoms with Crippen LogP contribution in [-0.4, -0.2) is 46.5 Å². The molecule has 0 aromatic heterocycles.